The zero-order valence-corrected chi connectivity index (χ0v) is 18.1. The fourth-order valence-electron chi connectivity index (χ4n) is 4.58. The van der Waals surface area contributed by atoms with E-state index in [0.717, 1.165) is 44.1 Å². The molecule has 1 saturated heterocycles. The molecule has 0 radical (unpaired) electrons. The van der Waals surface area contributed by atoms with Crippen molar-refractivity contribution in [2.24, 2.45) is 5.92 Å². The van der Waals surface area contributed by atoms with Crippen LogP contribution in [0.1, 0.15) is 63.9 Å². The third kappa shape index (κ3) is 5.25. The molecule has 0 aliphatic carbocycles. The Morgan fingerprint density at radius 3 is 2.63 bits per heavy atom. The van der Waals surface area contributed by atoms with Gasteiger partial charge in [0.15, 0.2) is 11.5 Å². The number of hydrogen-bond acceptors (Lipinski definition) is 5. The predicted octanol–water partition coefficient (Wildman–Crippen LogP) is 3.38. The van der Waals surface area contributed by atoms with Gasteiger partial charge in [0.25, 0.3) is 0 Å². The minimum absolute atomic E-state index is 0.0283. The Hall–Kier alpha value is -2.28. The molecule has 3 rings (SSSR count). The SMILES string of the molecule is CCCCCC1C(C(=O)O)C(c2ccc3c(c2)OCO3)CN1CC(=O)NCCCC. The van der Waals surface area contributed by atoms with Gasteiger partial charge in [0.1, 0.15) is 0 Å². The maximum atomic E-state index is 12.5. The van der Waals surface area contributed by atoms with Crippen molar-refractivity contribution in [1.82, 2.24) is 10.2 Å². The van der Waals surface area contributed by atoms with Crippen molar-refractivity contribution in [2.45, 2.75) is 64.3 Å². The van der Waals surface area contributed by atoms with Crippen LogP contribution >= 0.6 is 0 Å². The first-order valence-electron chi connectivity index (χ1n) is 11.2. The first-order valence-corrected chi connectivity index (χ1v) is 11.2. The molecule has 2 aliphatic rings. The zero-order chi connectivity index (χ0) is 21.5. The summed E-state index contributed by atoms with van der Waals surface area (Å²) in [6.07, 6.45) is 5.86. The summed E-state index contributed by atoms with van der Waals surface area (Å²) in [6, 6.07) is 5.53. The van der Waals surface area contributed by atoms with E-state index < -0.39 is 11.9 Å². The number of carboxylic acid groups (broad SMARTS) is 1. The van der Waals surface area contributed by atoms with E-state index in [4.69, 9.17) is 9.47 Å². The normalized spacial score (nSPS) is 22.9. The van der Waals surface area contributed by atoms with Crippen molar-refractivity contribution in [3.05, 3.63) is 23.8 Å². The number of fused-ring (bicyclic) bond motifs is 1. The Balaban J connectivity index is 1.79. The molecule has 0 aromatic heterocycles. The highest BCUT2D eigenvalue weighted by Crippen LogP contribution is 2.43. The quantitative estimate of drug-likeness (QED) is 0.536. The molecule has 0 saturated carbocycles. The summed E-state index contributed by atoms with van der Waals surface area (Å²) in [6.45, 7) is 5.87. The monoisotopic (exact) mass is 418 g/mol. The minimum atomic E-state index is -0.798. The second kappa shape index (κ2) is 10.7. The fraction of sp³-hybridized carbons (Fsp3) is 0.652. The third-order valence-corrected chi connectivity index (χ3v) is 6.16. The summed E-state index contributed by atoms with van der Waals surface area (Å²) in [4.78, 5) is 26.9. The van der Waals surface area contributed by atoms with Gasteiger partial charge in [0.2, 0.25) is 12.7 Å². The van der Waals surface area contributed by atoms with Gasteiger partial charge in [-0.2, -0.15) is 0 Å². The molecule has 2 heterocycles. The molecule has 1 amide bonds. The first-order chi connectivity index (χ1) is 14.5. The van der Waals surface area contributed by atoms with Crippen LogP contribution in [-0.4, -0.2) is 54.4 Å². The predicted molar refractivity (Wildman–Crippen MR) is 114 cm³/mol. The number of nitrogens with one attached hydrogen (secondary N) is 1. The lowest BCUT2D eigenvalue weighted by atomic mass is 9.83. The Morgan fingerprint density at radius 2 is 1.90 bits per heavy atom. The number of ether oxygens (including phenoxy) is 2. The second-order valence-corrected chi connectivity index (χ2v) is 8.28. The van der Waals surface area contributed by atoms with E-state index in [9.17, 15) is 14.7 Å². The van der Waals surface area contributed by atoms with Gasteiger partial charge in [-0.1, -0.05) is 45.6 Å². The summed E-state index contributed by atoms with van der Waals surface area (Å²) in [5.41, 5.74) is 0.932. The van der Waals surface area contributed by atoms with Crippen LogP contribution in [0.25, 0.3) is 0 Å². The van der Waals surface area contributed by atoms with Crippen molar-refractivity contribution < 1.29 is 24.2 Å². The fourth-order valence-corrected chi connectivity index (χ4v) is 4.58. The summed E-state index contributed by atoms with van der Waals surface area (Å²) >= 11 is 0. The van der Waals surface area contributed by atoms with Crippen LogP contribution in [0.15, 0.2) is 18.2 Å². The molecule has 0 spiro atoms. The average Bonchev–Trinajstić information content (AvgIpc) is 3.32. The molecule has 0 bridgehead atoms. The van der Waals surface area contributed by atoms with Crippen LogP contribution in [0.3, 0.4) is 0 Å². The molecule has 3 unspecified atom stereocenters. The largest absolute Gasteiger partial charge is 0.481 e. The van der Waals surface area contributed by atoms with E-state index in [1.54, 1.807) is 0 Å². The summed E-state index contributed by atoms with van der Waals surface area (Å²) in [5, 5.41) is 13.1. The lowest BCUT2D eigenvalue weighted by molar-refractivity contribution is -0.143. The summed E-state index contributed by atoms with van der Waals surface area (Å²) < 4.78 is 10.9. The Labute approximate surface area is 178 Å². The van der Waals surface area contributed by atoms with E-state index in [1.807, 2.05) is 18.2 Å². The van der Waals surface area contributed by atoms with E-state index in [-0.39, 0.29) is 31.2 Å². The molecule has 1 fully saturated rings. The highest BCUT2D eigenvalue weighted by atomic mass is 16.7. The number of carboxylic acids is 1. The van der Waals surface area contributed by atoms with Gasteiger partial charge in [-0.25, -0.2) is 0 Å². The van der Waals surface area contributed by atoms with Gasteiger partial charge < -0.3 is 19.9 Å². The second-order valence-electron chi connectivity index (χ2n) is 8.28. The van der Waals surface area contributed by atoms with Crippen molar-refractivity contribution in [2.75, 3.05) is 26.4 Å². The number of carbonyl (C=O) groups is 2. The van der Waals surface area contributed by atoms with E-state index in [0.29, 0.717) is 24.6 Å². The molecule has 2 N–H and O–H groups in total. The molecule has 30 heavy (non-hydrogen) atoms. The lowest BCUT2D eigenvalue weighted by Crippen LogP contribution is -2.42. The van der Waals surface area contributed by atoms with Crippen LogP contribution in [0.5, 0.6) is 11.5 Å². The maximum Gasteiger partial charge on any atom is 0.308 e. The number of carbonyl (C=O) groups excluding carboxylic acids is 1. The number of nitrogens with zero attached hydrogens (tertiary/aromatic N) is 1. The van der Waals surface area contributed by atoms with Crippen molar-refractivity contribution >= 4 is 11.9 Å². The number of amides is 1. The smallest absolute Gasteiger partial charge is 0.308 e. The number of benzene rings is 1. The number of rotatable bonds is 11. The van der Waals surface area contributed by atoms with E-state index in [2.05, 4.69) is 24.1 Å². The maximum absolute atomic E-state index is 12.5. The van der Waals surface area contributed by atoms with Crippen LogP contribution < -0.4 is 14.8 Å². The number of aliphatic carboxylic acids is 1. The molecule has 166 valence electrons. The standard InChI is InChI=1S/C23H34N2O5/c1-3-5-7-8-18-22(23(27)28)17(13-25(18)14-21(26)24-11-6-4-2)16-9-10-19-20(12-16)30-15-29-19/h9-10,12,17-18,22H,3-8,11,13-15H2,1-2H3,(H,24,26)(H,27,28). The average molecular weight is 419 g/mol. The molecule has 1 aromatic carbocycles. The summed E-state index contributed by atoms with van der Waals surface area (Å²) in [7, 11) is 0. The lowest BCUT2D eigenvalue weighted by Gasteiger charge is -2.26. The minimum Gasteiger partial charge on any atom is -0.481 e. The summed E-state index contributed by atoms with van der Waals surface area (Å²) in [5.74, 6) is -0.213. The molecule has 1 aromatic rings. The number of hydrogen-bond donors (Lipinski definition) is 2. The van der Waals surface area contributed by atoms with Gasteiger partial charge in [-0.05, 0) is 30.5 Å². The Morgan fingerprint density at radius 1 is 1.13 bits per heavy atom. The van der Waals surface area contributed by atoms with Gasteiger partial charge in [-0.3, -0.25) is 14.5 Å². The Bertz CT molecular complexity index is 738. The number of unbranched alkanes of at least 4 members (excludes halogenated alkanes) is 3. The molecular formula is C23H34N2O5. The number of likely N-dealkylation sites (tertiary alicyclic amines) is 1. The van der Waals surface area contributed by atoms with Gasteiger partial charge in [-0.15, -0.1) is 0 Å². The Kier molecular flexibility index (Phi) is 7.96. The van der Waals surface area contributed by atoms with Crippen LogP contribution in [-0.2, 0) is 9.59 Å². The van der Waals surface area contributed by atoms with Crippen LogP contribution in [0.2, 0.25) is 0 Å². The molecule has 3 atom stereocenters. The van der Waals surface area contributed by atoms with Crippen LogP contribution in [0.4, 0.5) is 0 Å². The zero-order valence-electron chi connectivity index (χ0n) is 18.1. The first kappa shape index (κ1) is 22.4. The molecule has 7 heteroatoms. The molecule has 2 aliphatic heterocycles. The highest BCUT2D eigenvalue weighted by Gasteiger charge is 2.46. The third-order valence-electron chi connectivity index (χ3n) is 6.16. The topological polar surface area (TPSA) is 88.1 Å². The van der Waals surface area contributed by atoms with Gasteiger partial charge in [0.05, 0.1) is 12.5 Å². The highest BCUT2D eigenvalue weighted by molar-refractivity contribution is 5.79. The van der Waals surface area contributed by atoms with Crippen molar-refractivity contribution in [1.29, 1.82) is 0 Å². The van der Waals surface area contributed by atoms with E-state index in [1.165, 1.54) is 0 Å². The van der Waals surface area contributed by atoms with Crippen molar-refractivity contribution in [3.8, 4) is 11.5 Å². The van der Waals surface area contributed by atoms with E-state index >= 15 is 0 Å². The van der Waals surface area contributed by atoms with Crippen LogP contribution in [0, 0.1) is 5.92 Å². The molecule has 7 nitrogen and oxygen atoms in total. The molecular weight excluding hydrogens is 384 g/mol. The van der Waals surface area contributed by atoms with Crippen molar-refractivity contribution in [3.63, 3.8) is 0 Å². The van der Waals surface area contributed by atoms with Gasteiger partial charge >= 0.3 is 5.97 Å². The van der Waals surface area contributed by atoms with Gasteiger partial charge in [0, 0.05) is 25.0 Å².